The first-order chi connectivity index (χ1) is 18.3. The van der Waals surface area contributed by atoms with Gasteiger partial charge < -0.3 is 0 Å². The fourth-order valence-electron chi connectivity index (χ4n) is 4.99. The molecule has 1 heteroatoms. The molecule has 1 heterocycles. The maximum atomic E-state index is 4.29. The molecule has 0 saturated carbocycles. The molecule has 0 saturated heterocycles. The fourth-order valence-corrected chi connectivity index (χ4v) is 4.99. The van der Waals surface area contributed by atoms with Crippen LogP contribution in [0.4, 0.5) is 0 Å². The Morgan fingerprint density at radius 1 is 0.325 bits per heavy atom. The molecule has 3 aromatic carbocycles. The lowest BCUT2D eigenvalue weighted by Gasteiger charge is -2.27. The van der Waals surface area contributed by atoms with E-state index in [1.54, 1.807) is 0 Å². The second-order valence-electron chi connectivity index (χ2n) is 15.6. The highest BCUT2D eigenvalue weighted by Gasteiger charge is 2.23. The number of benzene rings is 3. The van der Waals surface area contributed by atoms with Gasteiger partial charge in [0.2, 0.25) is 0 Å². The summed E-state index contributed by atoms with van der Waals surface area (Å²) in [6.07, 6.45) is 3.77. The fraction of sp³-hybridized carbons (Fsp3) is 0.410. The van der Waals surface area contributed by atoms with E-state index in [9.17, 15) is 0 Å². The van der Waals surface area contributed by atoms with E-state index in [1.165, 1.54) is 55.6 Å². The van der Waals surface area contributed by atoms with Gasteiger partial charge in [-0.05, 0) is 108 Å². The van der Waals surface area contributed by atoms with Gasteiger partial charge in [0, 0.05) is 12.4 Å². The molecule has 0 radical (unpaired) electrons. The molecule has 0 fully saturated rings. The third-order valence-electron chi connectivity index (χ3n) is 7.94. The van der Waals surface area contributed by atoms with Crippen molar-refractivity contribution in [2.75, 3.05) is 0 Å². The van der Waals surface area contributed by atoms with Crippen molar-refractivity contribution < 1.29 is 0 Å². The molecule has 1 nitrogen and oxygen atoms in total. The Morgan fingerprint density at radius 2 is 0.575 bits per heavy atom. The summed E-state index contributed by atoms with van der Waals surface area (Å²) in [6.45, 7) is 27.7. The maximum Gasteiger partial charge on any atom is 0.0273 e. The van der Waals surface area contributed by atoms with E-state index < -0.39 is 0 Å². The van der Waals surface area contributed by atoms with Crippen molar-refractivity contribution in [2.45, 2.75) is 105 Å². The zero-order valence-corrected chi connectivity index (χ0v) is 27.0. The molecule has 0 unspecified atom stereocenters. The molecule has 1 aromatic heterocycles. The van der Waals surface area contributed by atoms with Gasteiger partial charge >= 0.3 is 0 Å². The third-order valence-corrected chi connectivity index (χ3v) is 7.94. The Bertz CT molecular complexity index is 1340. The molecule has 0 N–H and O–H groups in total. The first kappa shape index (κ1) is 29.8. The normalized spacial score (nSPS) is 13.0. The van der Waals surface area contributed by atoms with Crippen LogP contribution in [0.3, 0.4) is 0 Å². The predicted molar refractivity (Wildman–Crippen MR) is 175 cm³/mol. The summed E-state index contributed by atoms with van der Waals surface area (Å²) >= 11 is 0. The molecule has 4 rings (SSSR count). The minimum atomic E-state index is 0.0597. The van der Waals surface area contributed by atoms with Crippen LogP contribution in [-0.4, -0.2) is 4.98 Å². The number of rotatable bonds is 3. The SMILES string of the molecule is CC(C)(C)c1cc(-c2cc(-c3ccncc3)cc(-c3cc(C(C)(C)C)cc(C(C)(C)C)c3)c2)cc(C(C)(C)C)c1. The van der Waals surface area contributed by atoms with Crippen LogP contribution in [0.15, 0.2) is 79.1 Å². The van der Waals surface area contributed by atoms with Gasteiger partial charge in [0.25, 0.3) is 0 Å². The zero-order valence-electron chi connectivity index (χ0n) is 27.0. The number of hydrogen-bond acceptors (Lipinski definition) is 1. The Labute approximate surface area is 244 Å². The highest BCUT2D eigenvalue weighted by molar-refractivity contribution is 5.82. The van der Waals surface area contributed by atoms with Gasteiger partial charge in [-0.1, -0.05) is 119 Å². The van der Waals surface area contributed by atoms with Gasteiger partial charge in [-0.15, -0.1) is 0 Å². The minimum absolute atomic E-state index is 0.0597. The predicted octanol–water partition coefficient (Wildman–Crippen LogP) is 11.3. The van der Waals surface area contributed by atoms with Gasteiger partial charge in [-0.25, -0.2) is 0 Å². The molecule has 0 aliphatic heterocycles. The molecular formula is C39H49N. The minimum Gasteiger partial charge on any atom is -0.265 e. The molecule has 0 amide bonds. The van der Waals surface area contributed by atoms with Gasteiger partial charge in [0.15, 0.2) is 0 Å². The van der Waals surface area contributed by atoms with Crippen LogP contribution in [0.5, 0.6) is 0 Å². The first-order valence-corrected chi connectivity index (χ1v) is 14.7. The van der Waals surface area contributed by atoms with E-state index in [1.807, 2.05) is 12.4 Å². The summed E-state index contributed by atoms with van der Waals surface area (Å²) in [5.74, 6) is 0. The van der Waals surface area contributed by atoms with E-state index in [-0.39, 0.29) is 21.7 Å². The van der Waals surface area contributed by atoms with E-state index in [0.717, 1.165) is 0 Å². The van der Waals surface area contributed by atoms with E-state index in [0.29, 0.717) is 0 Å². The summed E-state index contributed by atoms with van der Waals surface area (Å²) in [4.78, 5) is 4.29. The molecule has 0 spiro atoms. The lowest BCUT2D eigenvalue weighted by molar-refractivity contribution is 0.568. The Morgan fingerprint density at radius 3 is 0.850 bits per heavy atom. The molecule has 0 atom stereocenters. The number of hydrogen-bond donors (Lipinski definition) is 0. The first-order valence-electron chi connectivity index (χ1n) is 14.7. The topological polar surface area (TPSA) is 12.9 Å². The summed E-state index contributed by atoms with van der Waals surface area (Å²) in [5.41, 5.74) is 13.2. The van der Waals surface area contributed by atoms with Crippen LogP contribution in [0, 0.1) is 0 Å². The van der Waals surface area contributed by atoms with Crippen molar-refractivity contribution in [1.82, 2.24) is 4.98 Å². The van der Waals surface area contributed by atoms with Crippen molar-refractivity contribution in [1.29, 1.82) is 0 Å². The Balaban J connectivity index is 2.05. The quantitative estimate of drug-likeness (QED) is 0.256. The van der Waals surface area contributed by atoms with Crippen LogP contribution in [0.1, 0.15) is 105 Å². The summed E-state index contributed by atoms with van der Waals surface area (Å²) in [5, 5.41) is 0. The Hall–Kier alpha value is -3.19. The Kier molecular flexibility index (Phi) is 7.69. The third kappa shape index (κ3) is 6.74. The molecule has 0 aliphatic carbocycles. The average Bonchev–Trinajstić information content (AvgIpc) is 2.86. The monoisotopic (exact) mass is 531 g/mol. The summed E-state index contributed by atoms with van der Waals surface area (Å²) < 4.78 is 0. The molecule has 0 aliphatic rings. The van der Waals surface area contributed by atoms with Crippen molar-refractivity contribution in [2.24, 2.45) is 0 Å². The second kappa shape index (κ2) is 10.3. The summed E-state index contributed by atoms with van der Waals surface area (Å²) in [6, 6.07) is 25.7. The molecule has 40 heavy (non-hydrogen) atoms. The number of pyridine rings is 1. The van der Waals surface area contributed by atoms with Gasteiger partial charge in [0.1, 0.15) is 0 Å². The van der Waals surface area contributed by atoms with Gasteiger partial charge in [0.05, 0.1) is 0 Å². The lowest BCUT2D eigenvalue weighted by atomic mass is 9.78. The van der Waals surface area contributed by atoms with Crippen LogP contribution >= 0.6 is 0 Å². The lowest BCUT2D eigenvalue weighted by Crippen LogP contribution is -2.16. The van der Waals surface area contributed by atoms with Crippen molar-refractivity contribution in [3.8, 4) is 33.4 Å². The van der Waals surface area contributed by atoms with E-state index in [4.69, 9.17) is 0 Å². The highest BCUT2D eigenvalue weighted by atomic mass is 14.6. The van der Waals surface area contributed by atoms with Crippen molar-refractivity contribution in [3.63, 3.8) is 0 Å². The maximum absolute atomic E-state index is 4.29. The molecule has 0 bridgehead atoms. The smallest absolute Gasteiger partial charge is 0.0273 e. The van der Waals surface area contributed by atoms with Crippen LogP contribution < -0.4 is 0 Å². The van der Waals surface area contributed by atoms with E-state index >= 15 is 0 Å². The van der Waals surface area contributed by atoms with Crippen molar-refractivity contribution >= 4 is 0 Å². The number of aromatic nitrogens is 1. The zero-order chi connectivity index (χ0) is 29.7. The standard InChI is InChI=1S/C39H49N/c1-36(2,3)32-20-30(21-33(24-32)37(4,5)6)28-17-27(26-13-15-40-16-14-26)18-29(19-28)31-22-34(38(7,8)9)25-35(23-31)39(10,11)12/h13-25H,1-12H3. The average molecular weight is 532 g/mol. The van der Waals surface area contributed by atoms with E-state index in [2.05, 4.69) is 155 Å². The molecule has 4 aromatic rings. The van der Waals surface area contributed by atoms with Gasteiger partial charge in [-0.2, -0.15) is 0 Å². The summed E-state index contributed by atoms with van der Waals surface area (Å²) in [7, 11) is 0. The van der Waals surface area contributed by atoms with Crippen LogP contribution in [0.2, 0.25) is 0 Å². The van der Waals surface area contributed by atoms with Crippen molar-refractivity contribution in [3.05, 3.63) is 101 Å². The van der Waals surface area contributed by atoms with Crippen LogP contribution in [0.25, 0.3) is 33.4 Å². The molecule has 210 valence electrons. The second-order valence-corrected chi connectivity index (χ2v) is 15.6. The molecular weight excluding hydrogens is 482 g/mol. The van der Waals surface area contributed by atoms with Gasteiger partial charge in [-0.3, -0.25) is 4.98 Å². The largest absolute Gasteiger partial charge is 0.265 e. The number of nitrogens with zero attached hydrogens (tertiary/aromatic N) is 1. The highest BCUT2D eigenvalue weighted by Crippen LogP contribution is 2.39. The van der Waals surface area contributed by atoms with Crippen LogP contribution in [-0.2, 0) is 21.7 Å².